The van der Waals surface area contributed by atoms with Crippen LogP contribution in [0.4, 0.5) is 5.69 Å². The summed E-state index contributed by atoms with van der Waals surface area (Å²) in [5.74, 6) is 0.676. The number of nitrogens with zero attached hydrogens (tertiary/aromatic N) is 2. The minimum Gasteiger partial charge on any atom is -0.323 e. The van der Waals surface area contributed by atoms with Gasteiger partial charge in [0, 0.05) is 6.42 Å². The van der Waals surface area contributed by atoms with Gasteiger partial charge in [-0.05, 0) is 44.7 Å². The molecule has 4 heteroatoms. The second-order valence-corrected chi connectivity index (χ2v) is 6.20. The highest BCUT2D eigenvalue weighted by Crippen LogP contribution is 2.29. The molecule has 0 atom stereocenters. The molecule has 1 amide bonds. The van der Waals surface area contributed by atoms with Crippen molar-refractivity contribution in [2.75, 3.05) is 5.32 Å². The topological polar surface area (TPSA) is 46.9 Å². The van der Waals surface area contributed by atoms with Crippen LogP contribution in [-0.2, 0) is 4.79 Å². The van der Waals surface area contributed by atoms with E-state index < -0.39 is 0 Å². The Kier molecular flexibility index (Phi) is 4.27. The van der Waals surface area contributed by atoms with Crippen LogP contribution in [0.5, 0.6) is 0 Å². The Morgan fingerprint density at radius 3 is 2.59 bits per heavy atom. The van der Waals surface area contributed by atoms with Gasteiger partial charge < -0.3 is 5.32 Å². The van der Waals surface area contributed by atoms with Crippen LogP contribution in [0.15, 0.2) is 30.3 Å². The summed E-state index contributed by atoms with van der Waals surface area (Å²) in [7, 11) is 0. The first kappa shape index (κ1) is 14.8. The molecule has 0 spiro atoms. The number of hydrogen-bond donors (Lipinski definition) is 1. The third-order valence-corrected chi connectivity index (χ3v) is 4.51. The quantitative estimate of drug-likeness (QED) is 0.927. The number of amides is 1. The predicted octanol–water partition coefficient (Wildman–Crippen LogP) is 4.01. The van der Waals surface area contributed by atoms with E-state index >= 15 is 0 Å². The number of aryl methyl sites for hydroxylation is 1. The highest BCUT2D eigenvalue weighted by molar-refractivity contribution is 5.92. The van der Waals surface area contributed by atoms with Crippen molar-refractivity contribution in [3.8, 4) is 5.69 Å². The molecule has 0 unspecified atom stereocenters. The van der Waals surface area contributed by atoms with Crippen molar-refractivity contribution in [1.29, 1.82) is 0 Å². The molecule has 1 fully saturated rings. The monoisotopic (exact) mass is 297 g/mol. The minimum absolute atomic E-state index is 0.116. The third kappa shape index (κ3) is 3.06. The molecular weight excluding hydrogens is 274 g/mol. The van der Waals surface area contributed by atoms with Crippen molar-refractivity contribution >= 4 is 11.6 Å². The van der Waals surface area contributed by atoms with Gasteiger partial charge in [-0.1, -0.05) is 31.0 Å². The first-order valence-electron chi connectivity index (χ1n) is 8.06. The maximum atomic E-state index is 12.3. The lowest BCUT2D eigenvalue weighted by Crippen LogP contribution is -2.16. The van der Waals surface area contributed by atoms with Gasteiger partial charge in [-0.15, -0.1) is 0 Å². The molecule has 4 nitrogen and oxygen atoms in total. The summed E-state index contributed by atoms with van der Waals surface area (Å²) >= 11 is 0. The largest absolute Gasteiger partial charge is 0.323 e. The number of nitrogens with one attached hydrogen (secondary N) is 1. The number of aromatic nitrogens is 2. The van der Waals surface area contributed by atoms with Gasteiger partial charge in [0.05, 0.1) is 22.8 Å². The number of anilines is 1. The van der Waals surface area contributed by atoms with E-state index in [2.05, 4.69) is 10.4 Å². The molecule has 116 valence electrons. The molecule has 22 heavy (non-hydrogen) atoms. The van der Waals surface area contributed by atoms with E-state index in [0.29, 0.717) is 12.3 Å². The van der Waals surface area contributed by atoms with Crippen molar-refractivity contribution < 1.29 is 4.79 Å². The molecule has 0 bridgehead atoms. The number of para-hydroxylation sites is 1. The Labute approximate surface area is 131 Å². The predicted molar refractivity (Wildman–Crippen MR) is 88.2 cm³/mol. The lowest BCUT2D eigenvalue weighted by molar-refractivity contribution is -0.117. The van der Waals surface area contributed by atoms with Crippen LogP contribution >= 0.6 is 0 Å². The molecule has 0 radical (unpaired) electrons. The molecule has 1 N–H and O–H groups in total. The fourth-order valence-electron chi connectivity index (χ4n) is 3.31. The number of rotatable bonds is 4. The number of benzene rings is 1. The SMILES string of the molecule is Cc1nn(-c2ccccc2)c(C)c1NC(=O)CC1CCCC1. The van der Waals surface area contributed by atoms with E-state index in [-0.39, 0.29) is 5.91 Å². The molecule has 1 aromatic heterocycles. The highest BCUT2D eigenvalue weighted by atomic mass is 16.1. The average Bonchev–Trinajstić information content (AvgIpc) is 3.11. The Morgan fingerprint density at radius 2 is 1.91 bits per heavy atom. The first-order chi connectivity index (χ1) is 10.6. The number of carbonyl (C=O) groups is 1. The zero-order chi connectivity index (χ0) is 15.5. The van der Waals surface area contributed by atoms with E-state index in [1.54, 1.807) is 0 Å². The lowest BCUT2D eigenvalue weighted by atomic mass is 10.0. The van der Waals surface area contributed by atoms with Gasteiger partial charge in [0.2, 0.25) is 5.91 Å². The Hall–Kier alpha value is -2.10. The van der Waals surface area contributed by atoms with E-state index in [1.165, 1.54) is 25.7 Å². The molecule has 2 aromatic rings. The van der Waals surface area contributed by atoms with E-state index in [9.17, 15) is 4.79 Å². The lowest BCUT2D eigenvalue weighted by Gasteiger charge is -2.10. The van der Waals surface area contributed by atoms with E-state index in [0.717, 1.165) is 22.8 Å². The maximum Gasteiger partial charge on any atom is 0.224 e. The molecule has 3 rings (SSSR count). The second kappa shape index (κ2) is 6.34. The highest BCUT2D eigenvalue weighted by Gasteiger charge is 2.20. The van der Waals surface area contributed by atoms with Crippen molar-refractivity contribution in [2.45, 2.75) is 46.0 Å². The van der Waals surface area contributed by atoms with Gasteiger partial charge in [0.1, 0.15) is 0 Å². The van der Waals surface area contributed by atoms with Crippen LogP contribution in [0.1, 0.15) is 43.5 Å². The first-order valence-corrected chi connectivity index (χ1v) is 8.06. The average molecular weight is 297 g/mol. The van der Waals surface area contributed by atoms with Gasteiger partial charge in [0.25, 0.3) is 0 Å². The molecule has 0 saturated heterocycles. The van der Waals surface area contributed by atoms with Gasteiger partial charge in [0.15, 0.2) is 0 Å². The van der Waals surface area contributed by atoms with Crippen molar-refractivity contribution in [3.05, 3.63) is 41.7 Å². The fourth-order valence-corrected chi connectivity index (χ4v) is 3.31. The van der Waals surface area contributed by atoms with Crippen molar-refractivity contribution in [2.24, 2.45) is 5.92 Å². The summed E-state index contributed by atoms with van der Waals surface area (Å²) in [6.45, 7) is 3.94. The normalized spacial score (nSPS) is 15.2. The molecule has 1 aromatic carbocycles. The molecule has 1 heterocycles. The van der Waals surface area contributed by atoms with Crippen LogP contribution in [0.3, 0.4) is 0 Å². The summed E-state index contributed by atoms with van der Waals surface area (Å²) in [5.41, 5.74) is 3.70. The number of hydrogen-bond acceptors (Lipinski definition) is 2. The molecule has 1 aliphatic carbocycles. The number of carbonyl (C=O) groups excluding carboxylic acids is 1. The third-order valence-electron chi connectivity index (χ3n) is 4.51. The van der Waals surface area contributed by atoms with E-state index in [4.69, 9.17) is 0 Å². The van der Waals surface area contributed by atoms with Crippen molar-refractivity contribution in [3.63, 3.8) is 0 Å². The van der Waals surface area contributed by atoms with E-state index in [1.807, 2.05) is 48.9 Å². The summed E-state index contributed by atoms with van der Waals surface area (Å²) < 4.78 is 1.89. The summed E-state index contributed by atoms with van der Waals surface area (Å²) in [6.07, 6.45) is 5.54. The zero-order valence-electron chi connectivity index (χ0n) is 13.3. The van der Waals surface area contributed by atoms with Gasteiger partial charge in [-0.25, -0.2) is 4.68 Å². The standard InChI is InChI=1S/C18H23N3O/c1-13-18(19-17(22)12-15-8-6-7-9-15)14(2)21(20-13)16-10-4-3-5-11-16/h3-5,10-11,15H,6-9,12H2,1-2H3,(H,19,22). The Balaban J connectivity index is 1.76. The minimum atomic E-state index is 0.116. The van der Waals surface area contributed by atoms with Gasteiger partial charge in [-0.3, -0.25) is 4.79 Å². The van der Waals surface area contributed by atoms with Crippen LogP contribution in [0.25, 0.3) is 5.69 Å². The van der Waals surface area contributed by atoms with Crippen LogP contribution in [0, 0.1) is 19.8 Å². The second-order valence-electron chi connectivity index (χ2n) is 6.20. The molecule has 1 aliphatic rings. The molecule has 1 saturated carbocycles. The summed E-state index contributed by atoms with van der Waals surface area (Å²) in [4.78, 5) is 12.3. The van der Waals surface area contributed by atoms with Gasteiger partial charge in [-0.2, -0.15) is 5.10 Å². The fraction of sp³-hybridized carbons (Fsp3) is 0.444. The summed E-state index contributed by atoms with van der Waals surface area (Å²) in [5, 5.41) is 7.64. The smallest absolute Gasteiger partial charge is 0.224 e. The zero-order valence-corrected chi connectivity index (χ0v) is 13.3. The van der Waals surface area contributed by atoms with Crippen LogP contribution < -0.4 is 5.32 Å². The van der Waals surface area contributed by atoms with Crippen LogP contribution in [-0.4, -0.2) is 15.7 Å². The Morgan fingerprint density at radius 1 is 1.23 bits per heavy atom. The maximum absolute atomic E-state index is 12.3. The molecule has 0 aliphatic heterocycles. The van der Waals surface area contributed by atoms with Crippen molar-refractivity contribution in [1.82, 2.24) is 9.78 Å². The summed E-state index contributed by atoms with van der Waals surface area (Å²) in [6, 6.07) is 10.0. The molecular formula is C18H23N3O. The Bertz CT molecular complexity index is 654. The van der Waals surface area contributed by atoms with Crippen LogP contribution in [0.2, 0.25) is 0 Å². The van der Waals surface area contributed by atoms with Gasteiger partial charge >= 0.3 is 0 Å².